The Kier molecular flexibility index (Phi) is 131. The van der Waals surface area contributed by atoms with E-state index in [1.165, 1.54) is 0 Å². The van der Waals surface area contributed by atoms with Gasteiger partial charge in [-0.2, -0.15) is 0 Å². The minimum absolute atomic E-state index is 0. The van der Waals surface area contributed by atoms with Crippen molar-refractivity contribution in [2.24, 2.45) is 0 Å². The largest absolute Gasteiger partial charge is 0.281 e. The van der Waals surface area contributed by atoms with Gasteiger partial charge in [0.2, 0.25) is 0 Å². The van der Waals surface area contributed by atoms with Gasteiger partial charge in [0.15, 0.2) is 0 Å². The molecule has 0 N–H and O–H groups in total. The predicted octanol–water partition coefficient (Wildman–Crippen LogP) is -0.0814. The van der Waals surface area contributed by atoms with Gasteiger partial charge in [0.25, 0.3) is 20.4 Å². The van der Waals surface area contributed by atoms with Crippen molar-refractivity contribution >= 4 is 20.4 Å². The first-order chi connectivity index (χ1) is 5.00. The Hall–Kier alpha value is -0.991. The Morgan fingerprint density at radius 2 is 0.636 bits per heavy atom. The second-order valence-corrected chi connectivity index (χ2v) is 0.770. The summed E-state index contributed by atoms with van der Waals surface area (Å²) in [5.41, 5.74) is 0. The zero-order chi connectivity index (χ0) is 8.83. The van der Waals surface area contributed by atoms with E-state index >= 15 is 0 Å². The number of carbonyl (C=O) groups excluding carboxylic acids is 3. The van der Waals surface area contributed by atoms with Crippen molar-refractivity contribution < 1.29 is 31.5 Å². The first kappa shape index (κ1) is 22.5. The Morgan fingerprint density at radius 1 is 0.545 bits per heavy atom. The maximum Gasteiger partial charge on any atom is 0.281 e. The molecule has 58 valence electrons. The second-order valence-electron chi connectivity index (χ2n) is 0.770. The van der Waals surface area contributed by atoms with Crippen LogP contribution >= 0.6 is 0 Å². The van der Waals surface area contributed by atoms with Crippen LogP contribution < -0.4 is 0 Å². The molecule has 1 rings (SSSR count). The van der Waals surface area contributed by atoms with Gasteiger partial charge in [-0.15, -0.1) is 0 Å². The number of hydrogen-bond donors (Lipinski definition) is 0. The van der Waals surface area contributed by atoms with Gasteiger partial charge in [0, 0.05) is 17.1 Å². The van der Waals surface area contributed by atoms with Crippen LogP contribution in [-0.4, -0.2) is 20.4 Å². The average Bonchev–Trinajstić information content (AvgIpc) is 1.96. The molecular weight excluding hydrogens is 188 g/mol. The van der Waals surface area contributed by atoms with Crippen molar-refractivity contribution in [1.29, 1.82) is 0 Å². The van der Waals surface area contributed by atoms with Crippen LogP contribution in [0.2, 0.25) is 0 Å². The van der Waals surface area contributed by atoms with E-state index in [1.807, 2.05) is 24.3 Å². The van der Waals surface area contributed by atoms with Crippen LogP contribution in [0.25, 0.3) is 0 Å². The summed E-state index contributed by atoms with van der Waals surface area (Å²) in [6.07, 6.45) is 8.00. The molecule has 0 amide bonds. The minimum atomic E-state index is 0. The summed E-state index contributed by atoms with van der Waals surface area (Å²) in [7, 11) is 0. The molecule has 11 heavy (non-hydrogen) atoms. The maximum atomic E-state index is 7.50. The summed E-state index contributed by atoms with van der Waals surface area (Å²) in [6, 6.07) is 0. The van der Waals surface area contributed by atoms with Gasteiger partial charge in [-0.3, -0.25) is 14.4 Å². The van der Waals surface area contributed by atoms with E-state index in [-0.39, 0.29) is 17.1 Å². The smallest absolute Gasteiger partial charge is 0.281 e. The third-order valence-corrected chi connectivity index (χ3v) is 0.444. The van der Waals surface area contributed by atoms with Crippen LogP contribution in [0.4, 0.5) is 0 Å². The van der Waals surface area contributed by atoms with E-state index in [9.17, 15) is 0 Å². The SMILES string of the molecule is C1=CC=C1.[C]=O.[C]=O.[C]=O.[Fe]. The topological polar surface area (TPSA) is 51.2 Å². The molecule has 0 aromatic heterocycles. The van der Waals surface area contributed by atoms with Gasteiger partial charge in [-0.25, -0.2) is 0 Å². The first-order valence-electron chi connectivity index (χ1n) is 1.95. The molecule has 0 aromatic rings. The third kappa shape index (κ3) is 48.9. The van der Waals surface area contributed by atoms with Crippen LogP contribution in [0.5, 0.6) is 0 Å². The molecule has 0 saturated carbocycles. The predicted molar refractivity (Wildman–Crippen MR) is 35.4 cm³/mol. The van der Waals surface area contributed by atoms with Crippen LogP contribution in [0.3, 0.4) is 0 Å². The van der Waals surface area contributed by atoms with Crippen molar-refractivity contribution in [3.8, 4) is 0 Å². The fourth-order valence-corrected chi connectivity index (χ4v) is 0.111. The molecule has 0 saturated heterocycles. The Labute approximate surface area is 76.6 Å². The maximum absolute atomic E-state index is 7.50. The van der Waals surface area contributed by atoms with Gasteiger partial charge in [-0.05, 0) is 0 Å². The number of rotatable bonds is 0. The van der Waals surface area contributed by atoms with Crippen LogP contribution in [0, 0.1) is 0 Å². The molecule has 1 aliphatic rings. The quantitative estimate of drug-likeness (QED) is 0.504. The third-order valence-electron chi connectivity index (χ3n) is 0.444. The van der Waals surface area contributed by atoms with Gasteiger partial charge in [0.1, 0.15) is 0 Å². The molecule has 0 bridgehead atoms. The van der Waals surface area contributed by atoms with E-state index in [4.69, 9.17) is 14.4 Å². The standard InChI is InChI=1S/C4H4.3CO.Fe/c1-2-4-3-1;3*1-2;/h1-4H;;;;. The van der Waals surface area contributed by atoms with Crippen molar-refractivity contribution in [2.45, 2.75) is 0 Å². The fourth-order valence-electron chi connectivity index (χ4n) is 0.111. The summed E-state index contributed by atoms with van der Waals surface area (Å²) in [5.74, 6) is 0. The summed E-state index contributed by atoms with van der Waals surface area (Å²) in [4.78, 5) is 22.5. The molecule has 0 fully saturated rings. The molecule has 0 heterocycles. The first-order valence-corrected chi connectivity index (χ1v) is 1.95. The Bertz CT molecular complexity index is 79.1. The minimum Gasteiger partial charge on any atom is -0.281 e. The molecule has 0 atom stereocenters. The van der Waals surface area contributed by atoms with Crippen molar-refractivity contribution in [2.75, 3.05) is 0 Å². The van der Waals surface area contributed by atoms with Gasteiger partial charge in [0.05, 0.1) is 0 Å². The molecule has 1 aliphatic carbocycles. The zero-order valence-electron chi connectivity index (χ0n) is 5.39. The van der Waals surface area contributed by atoms with E-state index < -0.39 is 0 Å². The van der Waals surface area contributed by atoms with Crippen LogP contribution in [-0.2, 0) is 31.5 Å². The van der Waals surface area contributed by atoms with E-state index in [0.29, 0.717) is 0 Å². The molecular formula is C7H4FeO3. The Morgan fingerprint density at radius 3 is 0.636 bits per heavy atom. The van der Waals surface area contributed by atoms with Gasteiger partial charge in [-0.1, -0.05) is 24.3 Å². The van der Waals surface area contributed by atoms with E-state index in [2.05, 4.69) is 20.4 Å². The molecule has 0 spiro atoms. The molecule has 6 radical (unpaired) electrons. The van der Waals surface area contributed by atoms with Crippen molar-refractivity contribution in [3.63, 3.8) is 0 Å². The average molecular weight is 192 g/mol. The molecule has 3 nitrogen and oxygen atoms in total. The van der Waals surface area contributed by atoms with Crippen LogP contribution in [0.15, 0.2) is 24.3 Å². The molecule has 0 aliphatic heterocycles. The summed E-state index contributed by atoms with van der Waals surface area (Å²) >= 11 is 0. The van der Waals surface area contributed by atoms with Crippen LogP contribution in [0.1, 0.15) is 0 Å². The second kappa shape index (κ2) is 63.8. The number of allylic oxidation sites excluding steroid dienone is 4. The zero-order valence-corrected chi connectivity index (χ0v) is 6.49. The van der Waals surface area contributed by atoms with Gasteiger partial charge < -0.3 is 0 Å². The summed E-state index contributed by atoms with van der Waals surface area (Å²) < 4.78 is 0. The van der Waals surface area contributed by atoms with Crippen molar-refractivity contribution in [3.05, 3.63) is 24.3 Å². The van der Waals surface area contributed by atoms with Gasteiger partial charge >= 0.3 is 0 Å². The fraction of sp³-hybridized carbons (Fsp3) is 0. The van der Waals surface area contributed by atoms with E-state index in [0.717, 1.165) is 0 Å². The number of hydrogen-bond acceptors (Lipinski definition) is 3. The molecule has 4 heteroatoms. The normalized spacial score (nSPS) is 6.91. The summed E-state index contributed by atoms with van der Waals surface area (Å²) in [6.45, 7) is 13.5. The molecule has 0 unspecified atom stereocenters. The monoisotopic (exact) mass is 192 g/mol. The van der Waals surface area contributed by atoms with Crippen molar-refractivity contribution in [1.82, 2.24) is 0 Å². The molecule has 0 aromatic carbocycles. The Balaban J connectivity index is -0.0000000317. The summed E-state index contributed by atoms with van der Waals surface area (Å²) in [5, 5.41) is 0. The van der Waals surface area contributed by atoms with E-state index in [1.54, 1.807) is 0 Å².